The van der Waals surface area contributed by atoms with Crippen LogP contribution in [0.2, 0.25) is 0 Å². The Balaban J connectivity index is 0.00000192. The summed E-state index contributed by atoms with van der Waals surface area (Å²) in [5.41, 5.74) is 0.925. The first-order valence-corrected chi connectivity index (χ1v) is 8.27. The van der Waals surface area contributed by atoms with Gasteiger partial charge in [-0.2, -0.15) is 0 Å². The summed E-state index contributed by atoms with van der Waals surface area (Å²) in [5.74, 6) is 0.464. The van der Waals surface area contributed by atoms with Crippen LogP contribution in [0.4, 0.5) is 0 Å². The number of ether oxygens (including phenoxy) is 1. The number of carbonyl (C=O) groups excluding carboxylic acids is 1. The van der Waals surface area contributed by atoms with Gasteiger partial charge in [0, 0.05) is 5.92 Å². The number of halogens is 1. The van der Waals surface area contributed by atoms with Crippen molar-refractivity contribution in [3.63, 3.8) is 0 Å². The third-order valence-electron chi connectivity index (χ3n) is 4.84. The van der Waals surface area contributed by atoms with Gasteiger partial charge in [-0.1, -0.05) is 30.3 Å². The molecule has 2 aliphatic rings. The number of nitrogens with one attached hydrogen (secondary N) is 1. The van der Waals surface area contributed by atoms with Crippen LogP contribution < -0.4 is 5.32 Å². The lowest BCUT2D eigenvalue weighted by Crippen LogP contribution is -2.58. The molecule has 1 N–H and O–H groups in total. The molecule has 2 fully saturated rings. The van der Waals surface area contributed by atoms with Gasteiger partial charge in [0.15, 0.2) is 0 Å². The van der Waals surface area contributed by atoms with E-state index in [4.69, 9.17) is 4.74 Å². The van der Waals surface area contributed by atoms with E-state index in [1.807, 2.05) is 18.2 Å². The summed E-state index contributed by atoms with van der Waals surface area (Å²) in [6.45, 7) is 7.34. The summed E-state index contributed by atoms with van der Waals surface area (Å²) in [6, 6.07) is 10.2. The van der Waals surface area contributed by atoms with E-state index in [1.165, 1.54) is 0 Å². The lowest BCUT2D eigenvalue weighted by atomic mass is 9.91. The fraction of sp³-hybridized carbons (Fsp3) is 0.611. The van der Waals surface area contributed by atoms with Crippen LogP contribution in [0.5, 0.6) is 0 Å². The Morgan fingerprint density at radius 2 is 1.87 bits per heavy atom. The summed E-state index contributed by atoms with van der Waals surface area (Å²) in [6.07, 6.45) is 1.88. The molecule has 0 saturated carbocycles. The van der Waals surface area contributed by atoms with E-state index in [0.29, 0.717) is 19.1 Å². The zero-order valence-corrected chi connectivity index (χ0v) is 14.8. The fourth-order valence-electron chi connectivity index (χ4n) is 3.39. The highest BCUT2D eigenvalue weighted by atomic mass is 35.5. The Labute approximate surface area is 145 Å². The molecule has 1 aromatic carbocycles. The second-order valence-electron chi connectivity index (χ2n) is 7.00. The van der Waals surface area contributed by atoms with Gasteiger partial charge in [-0.15, -0.1) is 12.4 Å². The molecule has 0 radical (unpaired) electrons. The van der Waals surface area contributed by atoms with E-state index in [0.717, 1.165) is 31.5 Å². The fourth-order valence-corrected chi connectivity index (χ4v) is 3.39. The monoisotopic (exact) mass is 338 g/mol. The molecule has 4 nitrogen and oxygen atoms in total. The van der Waals surface area contributed by atoms with Crippen LogP contribution in [0.15, 0.2) is 30.3 Å². The van der Waals surface area contributed by atoms with Gasteiger partial charge < -0.3 is 15.0 Å². The van der Waals surface area contributed by atoms with Crippen molar-refractivity contribution in [2.45, 2.75) is 38.3 Å². The van der Waals surface area contributed by atoms with Gasteiger partial charge in [0.05, 0.1) is 18.7 Å². The molecular formula is C18H27ClN2O2. The number of hydrogen-bond acceptors (Lipinski definition) is 3. The van der Waals surface area contributed by atoms with E-state index < -0.39 is 0 Å². The van der Waals surface area contributed by atoms with E-state index in [9.17, 15) is 4.79 Å². The number of nitrogens with zero attached hydrogens (tertiary/aromatic N) is 1. The summed E-state index contributed by atoms with van der Waals surface area (Å²) < 4.78 is 6.04. The van der Waals surface area contributed by atoms with Gasteiger partial charge >= 0.3 is 0 Å². The predicted octanol–water partition coefficient (Wildman–Crippen LogP) is 2.79. The predicted molar refractivity (Wildman–Crippen MR) is 93.8 cm³/mol. The maximum atomic E-state index is 13.0. The quantitative estimate of drug-likeness (QED) is 0.901. The number of piperidine rings is 1. The molecule has 0 aliphatic carbocycles. The number of morpholine rings is 1. The Hall–Kier alpha value is -1.10. The van der Waals surface area contributed by atoms with Crippen molar-refractivity contribution < 1.29 is 9.53 Å². The Morgan fingerprint density at radius 1 is 1.22 bits per heavy atom. The molecule has 1 unspecified atom stereocenters. The van der Waals surface area contributed by atoms with E-state index in [-0.39, 0.29) is 30.0 Å². The highest BCUT2D eigenvalue weighted by Crippen LogP contribution is 2.32. The largest absolute Gasteiger partial charge is 0.369 e. The average molecular weight is 339 g/mol. The van der Waals surface area contributed by atoms with Crippen LogP contribution >= 0.6 is 12.4 Å². The number of hydrogen-bond donors (Lipinski definition) is 1. The molecule has 23 heavy (non-hydrogen) atoms. The van der Waals surface area contributed by atoms with Crippen LogP contribution in [0.25, 0.3) is 0 Å². The Bertz CT molecular complexity index is 515. The molecular weight excluding hydrogens is 312 g/mol. The van der Waals surface area contributed by atoms with Crippen molar-refractivity contribution in [2.24, 2.45) is 5.92 Å². The van der Waals surface area contributed by atoms with Crippen LogP contribution in [0.1, 0.15) is 38.4 Å². The van der Waals surface area contributed by atoms with Crippen molar-refractivity contribution in [1.29, 1.82) is 0 Å². The summed E-state index contributed by atoms with van der Waals surface area (Å²) in [5, 5.41) is 3.33. The van der Waals surface area contributed by atoms with Crippen molar-refractivity contribution in [3.05, 3.63) is 35.9 Å². The minimum atomic E-state index is -0.229. The second kappa shape index (κ2) is 7.65. The van der Waals surface area contributed by atoms with Gasteiger partial charge in [0.1, 0.15) is 6.10 Å². The highest BCUT2D eigenvalue weighted by molar-refractivity contribution is 5.85. The van der Waals surface area contributed by atoms with Crippen molar-refractivity contribution in [2.75, 3.05) is 26.2 Å². The number of amides is 1. The zero-order chi connectivity index (χ0) is 15.6. The molecule has 1 aromatic rings. The molecule has 2 heterocycles. The van der Waals surface area contributed by atoms with Crippen molar-refractivity contribution in [1.82, 2.24) is 10.2 Å². The number of rotatable bonds is 2. The lowest BCUT2D eigenvalue weighted by Gasteiger charge is -2.47. The van der Waals surface area contributed by atoms with Crippen molar-refractivity contribution in [3.8, 4) is 0 Å². The van der Waals surface area contributed by atoms with E-state index in [1.54, 1.807) is 0 Å². The van der Waals surface area contributed by atoms with Crippen LogP contribution in [-0.4, -0.2) is 42.6 Å². The first-order valence-electron chi connectivity index (χ1n) is 8.27. The van der Waals surface area contributed by atoms with Gasteiger partial charge in [-0.3, -0.25) is 4.79 Å². The molecule has 0 bridgehead atoms. The lowest BCUT2D eigenvalue weighted by molar-refractivity contribution is -0.159. The minimum Gasteiger partial charge on any atom is -0.369 e. The number of benzene rings is 1. The van der Waals surface area contributed by atoms with Crippen LogP contribution in [-0.2, 0) is 9.53 Å². The number of carbonyl (C=O) groups is 1. The normalized spacial score (nSPS) is 24.8. The standard InChI is InChI=1S/C18H26N2O2.ClH/c1-18(2)13-22-16(14-6-4-3-5-7-14)12-20(18)17(21)15-8-10-19-11-9-15;/h3-7,15-16,19H,8-13H2,1-2H3;1H. The molecule has 3 rings (SSSR count). The van der Waals surface area contributed by atoms with Gasteiger partial charge in [0.25, 0.3) is 0 Å². The van der Waals surface area contributed by atoms with Gasteiger partial charge in [-0.25, -0.2) is 0 Å². The molecule has 2 saturated heterocycles. The topological polar surface area (TPSA) is 41.6 Å². The Morgan fingerprint density at radius 3 is 2.52 bits per heavy atom. The van der Waals surface area contributed by atoms with Gasteiger partial charge in [0.2, 0.25) is 5.91 Å². The molecule has 0 aromatic heterocycles. The summed E-state index contributed by atoms with van der Waals surface area (Å²) >= 11 is 0. The van der Waals surface area contributed by atoms with E-state index >= 15 is 0 Å². The van der Waals surface area contributed by atoms with Crippen LogP contribution in [0.3, 0.4) is 0 Å². The maximum Gasteiger partial charge on any atom is 0.226 e. The first-order chi connectivity index (χ1) is 10.6. The molecule has 2 aliphatic heterocycles. The molecule has 5 heteroatoms. The van der Waals surface area contributed by atoms with Crippen LogP contribution in [0, 0.1) is 5.92 Å². The zero-order valence-electron chi connectivity index (χ0n) is 14.0. The average Bonchev–Trinajstić information content (AvgIpc) is 2.56. The Kier molecular flexibility index (Phi) is 6.06. The van der Waals surface area contributed by atoms with Gasteiger partial charge in [-0.05, 0) is 45.3 Å². The molecule has 1 atom stereocenters. The van der Waals surface area contributed by atoms with Crippen molar-refractivity contribution >= 4 is 18.3 Å². The SMILES string of the molecule is CC1(C)COC(c2ccccc2)CN1C(=O)C1CCNCC1.Cl. The molecule has 0 spiro atoms. The highest BCUT2D eigenvalue weighted by Gasteiger charge is 2.40. The first kappa shape index (κ1) is 18.2. The maximum absolute atomic E-state index is 13.0. The summed E-state index contributed by atoms with van der Waals surface area (Å²) in [4.78, 5) is 15.0. The van der Waals surface area contributed by atoms with E-state index in [2.05, 4.69) is 36.2 Å². The molecule has 1 amide bonds. The summed E-state index contributed by atoms with van der Waals surface area (Å²) in [7, 11) is 0. The molecule has 128 valence electrons. The minimum absolute atomic E-state index is 0. The third-order valence-corrected chi connectivity index (χ3v) is 4.84. The smallest absolute Gasteiger partial charge is 0.226 e. The third kappa shape index (κ3) is 4.06. The second-order valence-corrected chi connectivity index (χ2v) is 7.00.